The lowest BCUT2D eigenvalue weighted by Gasteiger charge is -2.21. The van der Waals surface area contributed by atoms with Gasteiger partial charge >= 0.3 is 6.09 Å². The van der Waals surface area contributed by atoms with Crippen LogP contribution in [0.1, 0.15) is 28.8 Å². The molecule has 0 bridgehead atoms. The van der Waals surface area contributed by atoms with Crippen LogP contribution in [0.4, 0.5) is 4.79 Å². The second-order valence-corrected chi connectivity index (χ2v) is 6.81. The fourth-order valence-electron chi connectivity index (χ4n) is 3.53. The molecule has 2 aromatic rings. The molecule has 0 radical (unpaired) electrons. The van der Waals surface area contributed by atoms with Crippen LogP contribution in [-0.2, 0) is 11.3 Å². The maximum Gasteiger partial charge on any atom is 0.417 e. The minimum atomic E-state index is -0.553. The number of nitrogens with one attached hydrogen (secondary N) is 1. The van der Waals surface area contributed by atoms with Gasteiger partial charge in [-0.15, -0.1) is 0 Å². The second-order valence-electron chi connectivity index (χ2n) is 6.81. The van der Waals surface area contributed by atoms with Crippen molar-refractivity contribution in [1.29, 1.82) is 0 Å². The van der Waals surface area contributed by atoms with Crippen LogP contribution in [0.25, 0.3) is 0 Å². The van der Waals surface area contributed by atoms with Crippen LogP contribution < -0.4 is 10.1 Å². The molecule has 0 unspecified atom stereocenters. The Morgan fingerprint density at radius 2 is 1.93 bits per heavy atom. The maximum atomic E-state index is 12.9. The Balaban J connectivity index is 1.43. The summed E-state index contributed by atoms with van der Waals surface area (Å²) in [6.45, 7) is 1.91. The number of hydrogen-bond acceptors (Lipinski definition) is 5. The third kappa shape index (κ3) is 3.80. The first-order chi connectivity index (χ1) is 13.2. The zero-order valence-electron chi connectivity index (χ0n) is 15.0. The number of hydrogen-bond donors (Lipinski definition) is 1. The molecule has 0 saturated carbocycles. The molecule has 2 aliphatic heterocycles. The Labute approximate surface area is 158 Å². The Bertz CT molecular complexity index is 807. The number of imide groups is 1. The van der Waals surface area contributed by atoms with E-state index in [1.54, 1.807) is 24.3 Å². The summed E-state index contributed by atoms with van der Waals surface area (Å²) in [6, 6.07) is 16.5. The lowest BCUT2D eigenvalue weighted by atomic mass is 10.1. The summed E-state index contributed by atoms with van der Waals surface area (Å²) in [4.78, 5) is 26.3. The van der Waals surface area contributed by atoms with E-state index in [4.69, 9.17) is 9.47 Å². The van der Waals surface area contributed by atoms with Crippen molar-refractivity contribution in [2.45, 2.75) is 31.6 Å². The summed E-state index contributed by atoms with van der Waals surface area (Å²) < 4.78 is 11.2. The van der Waals surface area contributed by atoms with E-state index < -0.39 is 6.09 Å². The number of nitrogens with zero attached hydrogens (tertiary/aromatic N) is 1. The van der Waals surface area contributed by atoms with Gasteiger partial charge < -0.3 is 14.8 Å². The topological polar surface area (TPSA) is 67.9 Å². The molecular weight excluding hydrogens is 344 g/mol. The second kappa shape index (κ2) is 7.80. The van der Waals surface area contributed by atoms with Gasteiger partial charge in [-0.1, -0.05) is 30.3 Å². The minimum Gasteiger partial charge on any atom is -0.489 e. The van der Waals surface area contributed by atoms with Crippen molar-refractivity contribution in [3.8, 4) is 5.75 Å². The van der Waals surface area contributed by atoms with E-state index in [0.29, 0.717) is 24.5 Å². The Kier molecular flexibility index (Phi) is 5.07. The van der Waals surface area contributed by atoms with E-state index in [1.807, 2.05) is 30.3 Å². The van der Waals surface area contributed by atoms with Crippen LogP contribution in [0.2, 0.25) is 0 Å². The molecule has 1 N–H and O–H groups in total. The fourth-order valence-corrected chi connectivity index (χ4v) is 3.53. The minimum absolute atomic E-state index is 0.218. The third-order valence-corrected chi connectivity index (χ3v) is 4.97. The molecule has 0 spiro atoms. The molecular formula is C21H22N2O4. The summed E-state index contributed by atoms with van der Waals surface area (Å²) in [6.07, 6.45) is 0.941. The predicted octanol–water partition coefficient (Wildman–Crippen LogP) is 2.98. The summed E-state index contributed by atoms with van der Waals surface area (Å²) in [5, 5.41) is 3.27. The molecule has 140 valence electrons. The van der Waals surface area contributed by atoms with Crippen LogP contribution in [0.15, 0.2) is 54.6 Å². The van der Waals surface area contributed by atoms with E-state index in [-0.39, 0.29) is 18.1 Å². The molecule has 2 saturated heterocycles. The lowest BCUT2D eigenvalue weighted by molar-refractivity contribution is 0.0773. The summed E-state index contributed by atoms with van der Waals surface area (Å²) in [7, 11) is 0. The van der Waals surface area contributed by atoms with E-state index in [9.17, 15) is 9.59 Å². The first-order valence-corrected chi connectivity index (χ1v) is 9.24. The Morgan fingerprint density at radius 3 is 2.70 bits per heavy atom. The van der Waals surface area contributed by atoms with Gasteiger partial charge in [0.2, 0.25) is 0 Å². The van der Waals surface area contributed by atoms with Gasteiger partial charge in [0.15, 0.2) is 0 Å². The molecule has 2 fully saturated rings. The van der Waals surface area contributed by atoms with Crippen molar-refractivity contribution in [3.63, 3.8) is 0 Å². The molecule has 2 atom stereocenters. The molecule has 4 rings (SSSR count). The number of carbonyl (C=O) groups is 2. The third-order valence-electron chi connectivity index (χ3n) is 4.97. The molecule has 2 aliphatic rings. The zero-order valence-corrected chi connectivity index (χ0v) is 15.0. The van der Waals surface area contributed by atoms with E-state index in [1.165, 1.54) is 4.90 Å². The van der Waals surface area contributed by atoms with Gasteiger partial charge in [0.25, 0.3) is 5.91 Å². The highest BCUT2D eigenvalue weighted by Crippen LogP contribution is 2.27. The molecule has 27 heavy (non-hydrogen) atoms. The number of fused-ring (bicyclic) bond motifs is 1. The lowest BCUT2D eigenvalue weighted by Crippen LogP contribution is -2.45. The van der Waals surface area contributed by atoms with E-state index >= 15 is 0 Å². The molecule has 6 nitrogen and oxygen atoms in total. The van der Waals surface area contributed by atoms with Crippen molar-refractivity contribution >= 4 is 12.0 Å². The average Bonchev–Trinajstić information content (AvgIpc) is 2.86. The maximum absolute atomic E-state index is 12.9. The SMILES string of the molecule is O=C1O[C@@H]2CCCNC[C@H]2N1C(=O)c1ccc(OCc2ccccc2)cc1. The smallest absolute Gasteiger partial charge is 0.417 e. The van der Waals surface area contributed by atoms with Crippen LogP contribution in [0.5, 0.6) is 5.75 Å². The normalized spacial score (nSPS) is 21.9. The molecule has 6 heteroatoms. The van der Waals surface area contributed by atoms with Gasteiger partial charge in [0.1, 0.15) is 18.5 Å². The average molecular weight is 366 g/mol. The first-order valence-electron chi connectivity index (χ1n) is 9.24. The molecule has 0 aliphatic carbocycles. The van der Waals surface area contributed by atoms with Gasteiger partial charge in [-0.2, -0.15) is 0 Å². The highest BCUT2D eigenvalue weighted by Gasteiger charge is 2.45. The van der Waals surface area contributed by atoms with Crippen LogP contribution in [0, 0.1) is 0 Å². The standard InChI is InChI=1S/C21H22N2O4/c24-20(23-18-13-22-12-4-7-19(18)27-21(23)25)16-8-10-17(11-9-16)26-14-15-5-2-1-3-6-15/h1-3,5-6,8-11,18-19,22H,4,7,12-14H2/t18-,19-/m1/s1. The van der Waals surface area contributed by atoms with Crippen molar-refractivity contribution in [3.05, 3.63) is 65.7 Å². The number of amides is 2. The van der Waals surface area contributed by atoms with Gasteiger partial charge in [-0.3, -0.25) is 4.79 Å². The number of benzene rings is 2. The first kappa shape index (κ1) is 17.5. The number of ether oxygens (including phenoxy) is 2. The summed E-state index contributed by atoms with van der Waals surface area (Å²) in [5.41, 5.74) is 1.52. The van der Waals surface area contributed by atoms with Crippen LogP contribution >= 0.6 is 0 Å². The summed E-state index contributed by atoms with van der Waals surface area (Å²) >= 11 is 0. The van der Waals surface area contributed by atoms with Crippen LogP contribution in [-0.4, -0.2) is 42.1 Å². The van der Waals surface area contributed by atoms with Crippen LogP contribution in [0.3, 0.4) is 0 Å². The van der Waals surface area contributed by atoms with Crippen molar-refractivity contribution < 1.29 is 19.1 Å². The van der Waals surface area contributed by atoms with Gasteiger partial charge in [0, 0.05) is 12.1 Å². The molecule has 2 amide bonds. The monoisotopic (exact) mass is 366 g/mol. The van der Waals surface area contributed by atoms with Gasteiger partial charge in [-0.25, -0.2) is 9.69 Å². The zero-order chi connectivity index (χ0) is 18.6. The quantitative estimate of drug-likeness (QED) is 0.901. The fraction of sp³-hybridized carbons (Fsp3) is 0.333. The number of rotatable bonds is 4. The van der Waals surface area contributed by atoms with Crippen molar-refractivity contribution in [1.82, 2.24) is 10.2 Å². The summed E-state index contributed by atoms with van der Waals surface area (Å²) in [5.74, 6) is 0.347. The van der Waals surface area contributed by atoms with E-state index in [0.717, 1.165) is 24.9 Å². The van der Waals surface area contributed by atoms with Crippen molar-refractivity contribution in [2.75, 3.05) is 13.1 Å². The highest BCUT2D eigenvalue weighted by molar-refractivity contribution is 6.04. The van der Waals surface area contributed by atoms with Gasteiger partial charge in [-0.05, 0) is 49.2 Å². The Morgan fingerprint density at radius 1 is 1.15 bits per heavy atom. The predicted molar refractivity (Wildman–Crippen MR) is 99.5 cm³/mol. The van der Waals surface area contributed by atoms with E-state index in [2.05, 4.69) is 5.32 Å². The largest absolute Gasteiger partial charge is 0.489 e. The Hall–Kier alpha value is -2.86. The molecule has 0 aromatic heterocycles. The highest BCUT2D eigenvalue weighted by atomic mass is 16.6. The van der Waals surface area contributed by atoms with Crippen molar-refractivity contribution in [2.24, 2.45) is 0 Å². The molecule has 2 aromatic carbocycles. The van der Waals surface area contributed by atoms with Gasteiger partial charge in [0.05, 0.1) is 6.04 Å². The number of carbonyl (C=O) groups excluding carboxylic acids is 2. The molecule has 2 heterocycles.